The van der Waals surface area contributed by atoms with Crippen LogP contribution in [0.2, 0.25) is 0 Å². The molecule has 0 aliphatic carbocycles. The maximum absolute atomic E-state index is 12.4. The lowest BCUT2D eigenvalue weighted by Gasteiger charge is -2.37. The number of carbonyl (C=O) groups is 2. The highest BCUT2D eigenvalue weighted by atomic mass is 32.2. The Morgan fingerprint density at radius 3 is 2.87 bits per heavy atom. The van der Waals surface area contributed by atoms with Gasteiger partial charge in [-0.15, -0.1) is 11.8 Å². The fourth-order valence-corrected chi connectivity index (χ4v) is 3.55. The second-order valence-corrected chi connectivity index (χ2v) is 7.13. The molecule has 1 fully saturated rings. The molecule has 2 N–H and O–H groups in total. The van der Waals surface area contributed by atoms with Crippen LogP contribution in [-0.2, 0) is 9.59 Å². The molecule has 5 nitrogen and oxygen atoms in total. The Morgan fingerprint density at radius 2 is 2.17 bits per heavy atom. The van der Waals surface area contributed by atoms with Crippen molar-refractivity contribution < 1.29 is 9.59 Å². The van der Waals surface area contributed by atoms with Gasteiger partial charge in [-0.3, -0.25) is 14.5 Å². The second-order valence-electron chi connectivity index (χ2n) is 5.82. The number of nitrogens with zero attached hydrogens (tertiary/aromatic N) is 1. The lowest BCUT2D eigenvalue weighted by Crippen LogP contribution is -2.58. The Morgan fingerprint density at radius 1 is 1.43 bits per heavy atom. The van der Waals surface area contributed by atoms with E-state index in [9.17, 15) is 9.59 Å². The van der Waals surface area contributed by atoms with E-state index in [1.54, 1.807) is 11.8 Å². The minimum atomic E-state index is -0.394. The van der Waals surface area contributed by atoms with Gasteiger partial charge in [0.15, 0.2) is 0 Å². The smallest absolute Gasteiger partial charge is 0.237 e. The summed E-state index contributed by atoms with van der Waals surface area (Å²) in [6.45, 7) is 7.61. The van der Waals surface area contributed by atoms with Gasteiger partial charge in [0.2, 0.25) is 11.8 Å². The first-order chi connectivity index (χ1) is 11.0. The highest BCUT2D eigenvalue weighted by Gasteiger charge is 2.33. The number of anilines is 1. The van der Waals surface area contributed by atoms with Gasteiger partial charge in [-0.05, 0) is 31.7 Å². The van der Waals surface area contributed by atoms with Gasteiger partial charge in [0, 0.05) is 24.0 Å². The molecule has 126 valence electrons. The third kappa shape index (κ3) is 4.72. The molecule has 1 unspecified atom stereocenters. The molecule has 2 amide bonds. The molecule has 0 saturated carbocycles. The molecule has 0 radical (unpaired) electrons. The van der Waals surface area contributed by atoms with Crippen molar-refractivity contribution >= 4 is 29.3 Å². The maximum Gasteiger partial charge on any atom is 0.237 e. The van der Waals surface area contributed by atoms with Gasteiger partial charge in [0.25, 0.3) is 0 Å². The fraction of sp³-hybridized carbons (Fsp3) is 0.529. The molecule has 23 heavy (non-hydrogen) atoms. The van der Waals surface area contributed by atoms with E-state index in [1.165, 1.54) is 0 Å². The first-order valence-electron chi connectivity index (χ1n) is 8.08. The Balaban J connectivity index is 2.05. The summed E-state index contributed by atoms with van der Waals surface area (Å²) >= 11 is 1.69. The molecular formula is C17H25N3O2S. The molecule has 1 aliphatic rings. The fourth-order valence-electron chi connectivity index (χ4n) is 2.79. The van der Waals surface area contributed by atoms with E-state index in [2.05, 4.69) is 36.3 Å². The van der Waals surface area contributed by atoms with E-state index < -0.39 is 6.04 Å². The highest BCUT2D eigenvalue weighted by molar-refractivity contribution is 7.99. The van der Waals surface area contributed by atoms with Crippen molar-refractivity contribution in [3.8, 4) is 0 Å². The highest BCUT2D eigenvalue weighted by Crippen LogP contribution is 2.27. The molecule has 1 aliphatic heterocycles. The topological polar surface area (TPSA) is 61.4 Å². The van der Waals surface area contributed by atoms with E-state index in [0.717, 1.165) is 22.9 Å². The zero-order valence-electron chi connectivity index (χ0n) is 14.0. The number of hydrogen-bond acceptors (Lipinski definition) is 4. The number of piperazine rings is 1. The van der Waals surface area contributed by atoms with Gasteiger partial charge in [-0.2, -0.15) is 0 Å². The van der Waals surface area contributed by atoms with E-state index in [1.807, 2.05) is 24.3 Å². The van der Waals surface area contributed by atoms with Gasteiger partial charge in [0.1, 0.15) is 0 Å². The average Bonchev–Trinajstić information content (AvgIpc) is 2.51. The van der Waals surface area contributed by atoms with Crippen molar-refractivity contribution in [1.29, 1.82) is 0 Å². The minimum absolute atomic E-state index is 0.0590. The molecular weight excluding hydrogens is 310 g/mol. The van der Waals surface area contributed by atoms with Crippen LogP contribution >= 0.6 is 11.8 Å². The third-order valence-electron chi connectivity index (χ3n) is 3.88. The molecule has 1 heterocycles. The zero-order chi connectivity index (χ0) is 16.8. The van der Waals surface area contributed by atoms with Crippen LogP contribution < -0.4 is 10.6 Å². The molecule has 0 aromatic heterocycles. The number of thioether (sulfide) groups is 1. The molecule has 0 spiro atoms. The number of carbonyl (C=O) groups excluding carboxylic acids is 2. The van der Waals surface area contributed by atoms with Crippen LogP contribution in [0.5, 0.6) is 0 Å². The summed E-state index contributed by atoms with van der Waals surface area (Å²) < 4.78 is 0. The summed E-state index contributed by atoms with van der Waals surface area (Å²) in [5, 5.41) is 5.81. The Kier molecular flexibility index (Phi) is 6.47. The summed E-state index contributed by atoms with van der Waals surface area (Å²) in [5.74, 6) is 0.761. The van der Waals surface area contributed by atoms with Crippen LogP contribution in [-0.4, -0.2) is 47.6 Å². The molecule has 6 heteroatoms. The maximum atomic E-state index is 12.4. The van der Waals surface area contributed by atoms with Crippen LogP contribution in [0.1, 0.15) is 27.2 Å². The van der Waals surface area contributed by atoms with Crippen LogP contribution in [0.3, 0.4) is 0 Å². The lowest BCUT2D eigenvalue weighted by atomic mass is 10.1. The SMILES string of the molecule is CCSc1ccccc1NC(=O)CC1C(=O)NCCN1C(C)C. The molecule has 1 aromatic rings. The molecule has 1 saturated heterocycles. The largest absolute Gasteiger partial charge is 0.353 e. The Bertz CT molecular complexity index is 563. The van der Waals surface area contributed by atoms with E-state index in [-0.39, 0.29) is 24.3 Å². The van der Waals surface area contributed by atoms with Gasteiger partial charge in [-0.1, -0.05) is 19.1 Å². The Labute approximate surface area is 142 Å². The van der Waals surface area contributed by atoms with Gasteiger partial charge in [0.05, 0.1) is 18.2 Å². The van der Waals surface area contributed by atoms with Crippen LogP contribution in [0.25, 0.3) is 0 Å². The Hall–Kier alpha value is -1.53. The number of para-hydroxylation sites is 1. The lowest BCUT2D eigenvalue weighted by molar-refractivity contribution is -0.133. The summed E-state index contributed by atoms with van der Waals surface area (Å²) in [5.41, 5.74) is 0.816. The second kappa shape index (κ2) is 8.36. The van der Waals surface area contributed by atoms with Crippen molar-refractivity contribution in [3.05, 3.63) is 24.3 Å². The van der Waals surface area contributed by atoms with Crippen molar-refractivity contribution in [2.75, 3.05) is 24.2 Å². The van der Waals surface area contributed by atoms with Crippen molar-refractivity contribution in [3.63, 3.8) is 0 Å². The van der Waals surface area contributed by atoms with Crippen molar-refractivity contribution in [2.24, 2.45) is 0 Å². The zero-order valence-corrected chi connectivity index (χ0v) is 14.8. The number of amides is 2. The van der Waals surface area contributed by atoms with Crippen LogP contribution in [0.15, 0.2) is 29.2 Å². The molecule has 1 atom stereocenters. The van der Waals surface area contributed by atoms with E-state index >= 15 is 0 Å². The molecule has 1 aromatic carbocycles. The average molecular weight is 335 g/mol. The molecule has 2 rings (SSSR count). The van der Waals surface area contributed by atoms with Crippen molar-refractivity contribution in [2.45, 2.75) is 44.2 Å². The number of rotatable bonds is 6. The number of nitrogens with one attached hydrogen (secondary N) is 2. The van der Waals surface area contributed by atoms with Gasteiger partial charge in [-0.25, -0.2) is 0 Å². The predicted octanol–water partition coefficient (Wildman–Crippen LogP) is 2.34. The third-order valence-corrected chi connectivity index (χ3v) is 4.83. The van der Waals surface area contributed by atoms with E-state index in [4.69, 9.17) is 0 Å². The first kappa shape index (κ1) is 17.8. The molecule has 0 bridgehead atoms. The summed E-state index contributed by atoms with van der Waals surface area (Å²) in [4.78, 5) is 27.7. The first-order valence-corrected chi connectivity index (χ1v) is 9.06. The van der Waals surface area contributed by atoms with Gasteiger partial charge < -0.3 is 10.6 Å². The normalized spacial score (nSPS) is 18.8. The summed E-state index contributed by atoms with van der Waals surface area (Å²) in [6.07, 6.45) is 0.176. The standard InChI is InChI=1S/C17H25N3O2S/c1-4-23-15-8-6-5-7-13(15)19-16(21)11-14-17(22)18-9-10-20(14)12(2)3/h5-8,12,14H,4,9-11H2,1-3H3,(H,18,22)(H,19,21). The van der Waals surface area contributed by atoms with Crippen LogP contribution in [0, 0.1) is 0 Å². The summed E-state index contributed by atoms with van der Waals surface area (Å²) in [6, 6.07) is 7.61. The monoisotopic (exact) mass is 335 g/mol. The van der Waals surface area contributed by atoms with Crippen LogP contribution in [0.4, 0.5) is 5.69 Å². The quantitative estimate of drug-likeness (QED) is 0.784. The number of benzene rings is 1. The van der Waals surface area contributed by atoms with E-state index in [0.29, 0.717) is 6.54 Å². The minimum Gasteiger partial charge on any atom is -0.353 e. The summed E-state index contributed by atoms with van der Waals surface area (Å²) in [7, 11) is 0. The van der Waals surface area contributed by atoms with Crippen molar-refractivity contribution in [1.82, 2.24) is 10.2 Å². The van der Waals surface area contributed by atoms with Gasteiger partial charge >= 0.3 is 0 Å². The number of hydrogen-bond donors (Lipinski definition) is 2. The predicted molar refractivity (Wildman–Crippen MR) is 94.7 cm³/mol.